The van der Waals surface area contributed by atoms with E-state index in [1.807, 2.05) is 0 Å². The average molecular weight is 195 g/mol. The Morgan fingerprint density at radius 1 is 1.21 bits per heavy atom. The molecule has 1 aliphatic rings. The summed E-state index contributed by atoms with van der Waals surface area (Å²) >= 11 is 0. The monoisotopic (exact) mass is 195 g/mol. The number of nitrogens with zero attached hydrogens (tertiary/aromatic N) is 1. The van der Waals surface area contributed by atoms with Crippen LogP contribution in [-0.4, -0.2) is 36.7 Å². The number of hydrogen-bond acceptors (Lipinski definition) is 2. The van der Waals surface area contributed by atoms with Crippen LogP contribution in [0.15, 0.2) is 0 Å². The summed E-state index contributed by atoms with van der Waals surface area (Å²) in [6, 6.07) is 0. The fraction of sp³-hybridized carbons (Fsp3) is 0.833. The Labute approximate surface area is 87.6 Å². The molecule has 1 rings (SSSR count). The lowest BCUT2D eigenvalue weighted by molar-refractivity contribution is 0.00735. The van der Waals surface area contributed by atoms with Gasteiger partial charge in [0.15, 0.2) is 0 Å². The lowest BCUT2D eigenvalue weighted by Crippen LogP contribution is -2.49. The van der Waals surface area contributed by atoms with Crippen LogP contribution in [0.4, 0.5) is 0 Å². The van der Waals surface area contributed by atoms with Gasteiger partial charge in [-0.25, -0.2) is 0 Å². The summed E-state index contributed by atoms with van der Waals surface area (Å²) in [6.45, 7) is 12.3. The van der Waals surface area contributed by atoms with Crippen molar-refractivity contribution in [1.29, 1.82) is 0 Å². The van der Waals surface area contributed by atoms with Gasteiger partial charge in [0.05, 0.1) is 18.8 Å². The van der Waals surface area contributed by atoms with Crippen LogP contribution in [-0.2, 0) is 4.74 Å². The minimum absolute atomic E-state index is 0.00590. The molecule has 0 aliphatic carbocycles. The minimum Gasteiger partial charge on any atom is -0.379 e. The highest BCUT2D eigenvalue weighted by Gasteiger charge is 2.25. The summed E-state index contributed by atoms with van der Waals surface area (Å²) in [5.41, 5.74) is -0.00590. The molecule has 0 atom stereocenters. The molecule has 0 amide bonds. The highest BCUT2D eigenvalue weighted by molar-refractivity contribution is 5.16. The van der Waals surface area contributed by atoms with Gasteiger partial charge in [0.25, 0.3) is 0 Å². The van der Waals surface area contributed by atoms with Crippen LogP contribution in [0, 0.1) is 17.8 Å². The van der Waals surface area contributed by atoms with Crippen molar-refractivity contribution in [3.8, 4) is 11.8 Å². The van der Waals surface area contributed by atoms with Crippen LogP contribution in [0.2, 0.25) is 0 Å². The van der Waals surface area contributed by atoms with Gasteiger partial charge in [-0.15, -0.1) is 0 Å². The maximum atomic E-state index is 5.33. The van der Waals surface area contributed by atoms with Crippen LogP contribution in [0.25, 0.3) is 0 Å². The van der Waals surface area contributed by atoms with Crippen LogP contribution in [0.3, 0.4) is 0 Å². The Morgan fingerprint density at radius 3 is 2.29 bits per heavy atom. The Morgan fingerprint density at radius 2 is 1.79 bits per heavy atom. The molecular weight excluding hydrogens is 174 g/mol. The Hall–Kier alpha value is -0.520. The van der Waals surface area contributed by atoms with E-state index in [2.05, 4.69) is 44.4 Å². The first-order valence-electron chi connectivity index (χ1n) is 5.38. The quantitative estimate of drug-likeness (QED) is 0.591. The van der Waals surface area contributed by atoms with E-state index in [9.17, 15) is 0 Å². The molecule has 2 heteroatoms. The van der Waals surface area contributed by atoms with E-state index in [0.29, 0.717) is 5.92 Å². The fourth-order valence-electron chi connectivity index (χ4n) is 1.52. The van der Waals surface area contributed by atoms with Crippen molar-refractivity contribution in [2.45, 2.75) is 33.2 Å². The summed E-state index contributed by atoms with van der Waals surface area (Å²) in [5.74, 6) is 7.05. The molecule has 80 valence electrons. The molecule has 14 heavy (non-hydrogen) atoms. The van der Waals surface area contributed by atoms with Crippen molar-refractivity contribution >= 4 is 0 Å². The van der Waals surface area contributed by atoms with Crippen LogP contribution in [0.1, 0.15) is 27.7 Å². The summed E-state index contributed by atoms with van der Waals surface area (Å²) in [5, 5.41) is 0. The van der Waals surface area contributed by atoms with Crippen LogP contribution < -0.4 is 0 Å². The van der Waals surface area contributed by atoms with Gasteiger partial charge in [-0.05, 0) is 13.8 Å². The molecule has 0 bridgehead atoms. The van der Waals surface area contributed by atoms with E-state index in [-0.39, 0.29) is 5.54 Å². The molecule has 0 aromatic rings. The van der Waals surface area contributed by atoms with Crippen molar-refractivity contribution < 1.29 is 4.74 Å². The van der Waals surface area contributed by atoms with Crippen molar-refractivity contribution in [2.24, 2.45) is 5.92 Å². The maximum Gasteiger partial charge on any atom is 0.0770 e. The standard InChI is InChI=1S/C12H21NO/c1-11(2)5-6-12(3,4)13-7-9-14-10-8-13/h11H,7-10H2,1-4H3. The summed E-state index contributed by atoms with van der Waals surface area (Å²) in [7, 11) is 0. The molecule has 0 aromatic heterocycles. The molecular formula is C12H21NO. The third-order valence-electron chi connectivity index (χ3n) is 2.47. The van der Waals surface area contributed by atoms with E-state index in [0.717, 1.165) is 26.3 Å². The van der Waals surface area contributed by atoms with Crippen LogP contribution >= 0.6 is 0 Å². The van der Waals surface area contributed by atoms with E-state index in [1.165, 1.54) is 0 Å². The predicted molar refractivity (Wildman–Crippen MR) is 59.1 cm³/mol. The van der Waals surface area contributed by atoms with Crippen molar-refractivity contribution in [1.82, 2.24) is 4.90 Å². The summed E-state index contributed by atoms with van der Waals surface area (Å²) in [4.78, 5) is 2.39. The molecule has 2 nitrogen and oxygen atoms in total. The maximum absolute atomic E-state index is 5.33. The van der Waals surface area contributed by atoms with E-state index in [1.54, 1.807) is 0 Å². The molecule has 1 saturated heterocycles. The highest BCUT2D eigenvalue weighted by atomic mass is 16.5. The molecule has 0 unspecified atom stereocenters. The minimum atomic E-state index is -0.00590. The topological polar surface area (TPSA) is 12.5 Å². The van der Waals surface area contributed by atoms with Crippen molar-refractivity contribution in [3.05, 3.63) is 0 Å². The number of ether oxygens (including phenoxy) is 1. The molecule has 1 heterocycles. The van der Waals surface area contributed by atoms with E-state index in [4.69, 9.17) is 4.74 Å². The van der Waals surface area contributed by atoms with Crippen LogP contribution in [0.5, 0.6) is 0 Å². The van der Waals surface area contributed by atoms with Gasteiger partial charge >= 0.3 is 0 Å². The van der Waals surface area contributed by atoms with Gasteiger partial charge in [-0.2, -0.15) is 0 Å². The zero-order valence-electron chi connectivity index (χ0n) is 9.76. The summed E-state index contributed by atoms with van der Waals surface area (Å²) in [6.07, 6.45) is 0. The van der Waals surface area contributed by atoms with Crippen molar-refractivity contribution in [3.63, 3.8) is 0 Å². The lowest BCUT2D eigenvalue weighted by atomic mass is 10.0. The highest BCUT2D eigenvalue weighted by Crippen LogP contribution is 2.15. The van der Waals surface area contributed by atoms with Gasteiger partial charge in [-0.3, -0.25) is 4.90 Å². The first-order valence-corrected chi connectivity index (χ1v) is 5.38. The Kier molecular flexibility index (Phi) is 3.97. The molecule has 0 N–H and O–H groups in total. The number of morpholine rings is 1. The lowest BCUT2D eigenvalue weighted by Gasteiger charge is -2.37. The van der Waals surface area contributed by atoms with Gasteiger partial charge in [0.1, 0.15) is 0 Å². The number of rotatable bonds is 1. The molecule has 1 fully saturated rings. The van der Waals surface area contributed by atoms with E-state index < -0.39 is 0 Å². The smallest absolute Gasteiger partial charge is 0.0770 e. The first kappa shape index (κ1) is 11.6. The summed E-state index contributed by atoms with van der Waals surface area (Å²) < 4.78 is 5.33. The molecule has 1 aliphatic heterocycles. The molecule has 0 radical (unpaired) electrons. The van der Waals surface area contributed by atoms with Gasteiger partial charge in [0.2, 0.25) is 0 Å². The normalized spacial score (nSPS) is 19.2. The second kappa shape index (κ2) is 4.82. The predicted octanol–water partition coefficient (Wildman–Crippen LogP) is 1.76. The SMILES string of the molecule is CC(C)C#CC(C)(C)N1CCOCC1. The average Bonchev–Trinajstić information content (AvgIpc) is 2.16. The van der Waals surface area contributed by atoms with Crippen molar-refractivity contribution in [2.75, 3.05) is 26.3 Å². The Bertz CT molecular complexity index is 228. The molecule has 0 saturated carbocycles. The molecule has 0 spiro atoms. The van der Waals surface area contributed by atoms with Gasteiger partial charge in [0, 0.05) is 19.0 Å². The second-order valence-electron chi connectivity index (χ2n) is 4.58. The first-order chi connectivity index (χ1) is 6.52. The molecule has 0 aromatic carbocycles. The third-order valence-corrected chi connectivity index (χ3v) is 2.47. The zero-order valence-corrected chi connectivity index (χ0v) is 9.76. The van der Waals surface area contributed by atoms with Gasteiger partial charge < -0.3 is 4.74 Å². The largest absolute Gasteiger partial charge is 0.379 e. The fourth-order valence-corrected chi connectivity index (χ4v) is 1.52. The van der Waals surface area contributed by atoms with E-state index >= 15 is 0 Å². The Balaban J connectivity index is 2.59. The zero-order chi connectivity index (χ0) is 10.6. The number of hydrogen-bond donors (Lipinski definition) is 0. The third kappa shape index (κ3) is 3.32. The second-order valence-corrected chi connectivity index (χ2v) is 4.58. The van der Waals surface area contributed by atoms with Gasteiger partial charge in [-0.1, -0.05) is 25.7 Å².